The summed E-state index contributed by atoms with van der Waals surface area (Å²) in [6.45, 7) is 2.34. The molecule has 0 saturated carbocycles. The maximum Gasteiger partial charge on any atom is 0.307 e. The lowest BCUT2D eigenvalue weighted by Crippen LogP contribution is -2.40. The van der Waals surface area contributed by atoms with Gasteiger partial charge in [-0.2, -0.15) is 0 Å². The molecule has 1 unspecified atom stereocenters. The minimum atomic E-state index is -0.741. The smallest absolute Gasteiger partial charge is 0.307 e. The monoisotopic (exact) mass is 393 g/mol. The number of aliphatic carboxylic acids is 1. The van der Waals surface area contributed by atoms with Crippen molar-refractivity contribution in [1.29, 1.82) is 0 Å². The van der Waals surface area contributed by atoms with Gasteiger partial charge in [-0.15, -0.1) is 0 Å². The van der Waals surface area contributed by atoms with Crippen LogP contribution in [0.5, 0.6) is 0 Å². The van der Waals surface area contributed by atoms with Crippen LogP contribution in [0.15, 0.2) is 64.9 Å². The normalized spacial score (nSPS) is 17.4. The van der Waals surface area contributed by atoms with E-state index in [-0.39, 0.29) is 5.92 Å². The van der Waals surface area contributed by atoms with Crippen molar-refractivity contribution in [2.24, 2.45) is 16.2 Å². The fraction of sp³-hybridized carbons (Fsp3) is 0.333. The average molecular weight is 393 g/mol. The molecule has 1 N–H and O–H groups in total. The van der Waals surface area contributed by atoms with Gasteiger partial charge in [-0.25, -0.2) is 0 Å². The van der Waals surface area contributed by atoms with Crippen LogP contribution in [-0.4, -0.2) is 47.9 Å². The van der Waals surface area contributed by atoms with Crippen molar-refractivity contribution >= 4 is 17.4 Å². The van der Waals surface area contributed by atoms with Gasteiger partial charge in [0.1, 0.15) is 12.3 Å². The van der Waals surface area contributed by atoms with Crippen molar-refractivity contribution in [2.75, 3.05) is 26.2 Å². The molecule has 0 spiro atoms. The first-order chi connectivity index (χ1) is 14.2. The van der Waals surface area contributed by atoms with Crippen molar-refractivity contribution in [3.05, 3.63) is 76.2 Å². The van der Waals surface area contributed by atoms with Crippen LogP contribution in [0.3, 0.4) is 0 Å². The Morgan fingerprint density at radius 3 is 2.72 bits per heavy atom. The molecule has 0 aliphatic carbocycles. The largest absolute Gasteiger partial charge is 0.481 e. The third-order valence-electron chi connectivity index (χ3n) is 4.87. The predicted octanol–water partition coefficient (Wildman–Crippen LogP) is 4.19. The number of oxime groups is 1. The summed E-state index contributed by atoms with van der Waals surface area (Å²) in [5, 5.41) is 17.3. The fourth-order valence-corrected chi connectivity index (χ4v) is 3.40. The maximum atomic E-state index is 11.2. The molecule has 1 fully saturated rings. The lowest BCUT2D eigenvalue weighted by atomic mass is 9.98. The van der Waals surface area contributed by atoms with E-state index in [2.05, 4.69) is 20.1 Å². The summed E-state index contributed by atoms with van der Waals surface area (Å²) in [4.78, 5) is 21.8. The van der Waals surface area contributed by atoms with Crippen molar-refractivity contribution in [1.82, 2.24) is 4.90 Å². The molecule has 0 amide bonds. The van der Waals surface area contributed by atoms with E-state index in [1.165, 1.54) is 0 Å². The average Bonchev–Trinajstić information content (AvgIpc) is 2.75. The van der Waals surface area contributed by atoms with Crippen LogP contribution in [0, 0.1) is 5.92 Å². The second-order valence-electron chi connectivity index (χ2n) is 6.82. The number of rotatable bonds is 8. The maximum absolute atomic E-state index is 11.2. The Balaban J connectivity index is 1.73. The number of carbonyl (C=O) groups is 1. The van der Waals surface area contributed by atoms with Gasteiger partial charge in [-0.1, -0.05) is 64.9 Å². The second kappa shape index (κ2) is 10.3. The molecule has 0 radical (unpaired) electrons. The van der Waals surface area contributed by atoms with E-state index in [4.69, 9.17) is 10.4 Å². The molecule has 8 nitrogen and oxygen atoms in total. The molecular formula is C21H23N5O3. The zero-order valence-electron chi connectivity index (χ0n) is 16.0. The highest BCUT2D eigenvalue weighted by molar-refractivity contribution is 6.15. The third kappa shape index (κ3) is 5.57. The first-order valence-electron chi connectivity index (χ1n) is 9.54. The molecule has 0 aromatic heterocycles. The van der Waals surface area contributed by atoms with E-state index in [0.717, 1.165) is 24.9 Å². The van der Waals surface area contributed by atoms with Crippen molar-refractivity contribution < 1.29 is 14.7 Å². The zero-order chi connectivity index (χ0) is 20.5. The Hall–Kier alpha value is -3.35. The molecule has 3 rings (SSSR count). The lowest BCUT2D eigenvalue weighted by molar-refractivity contribution is -0.143. The van der Waals surface area contributed by atoms with Gasteiger partial charge in [0.2, 0.25) is 0 Å². The quantitative estimate of drug-likeness (QED) is 0.181. The Labute approximate surface area is 169 Å². The van der Waals surface area contributed by atoms with Crippen LogP contribution in [-0.2, 0) is 9.63 Å². The first kappa shape index (κ1) is 20.4. The van der Waals surface area contributed by atoms with Crippen LogP contribution >= 0.6 is 0 Å². The zero-order valence-corrected chi connectivity index (χ0v) is 16.0. The van der Waals surface area contributed by atoms with E-state index in [1.807, 2.05) is 42.5 Å². The van der Waals surface area contributed by atoms with E-state index in [9.17, 15) is 9.90 Å². The molecule has 2 aromatic carbocycles. The molecule has 1 atom stereocenters. The molecule has 1 saturated heterocycles. The van der Waals surface area contributed by atoms with Gasteiger partial charge >= 0.3 is 5.97 Å². The molecule has 1 heterocycles. The molecule has 0 bridgehead atoms. The Morgan fingerprint density at radius 2 is 1.97 bits per heavy atom. The van der Waals surface area contributed by atoms with E-state index >= 15 is 0 Å². The Morgan fingerprint density at radius 1 is 1.21 bits per heavy atom. The van der Waals surface area contributed by atoms with Crippen LogP contribution in [0.25, 0.3) is 10.4 Å². The minimum absolute atomic E-state index is 0.317. The summed E-state index contributed by atoms with van der Waals surface area (Å²) in [5.41, 5.74) is 11.4. The number of piperidine rings is 1. The molecule has 1 aliphatic rings. The summed E-state index contributed by atoms with van der Waals surface area (Å²) in [7, 11) is 0. The number of hydrogen-bond acceptors (Lipinski definition) is 5. The van der Waals surface area contributed by atoms with Crippen molar-refractivity contribution in [2.45, 2.75) is 12.8 Å². The molecule has 29 heavy (non-hydrogen) atoms. The Bertz CT molecular complexity index is 910. The van der Waals surface area contributed by atoms with E-state index in [0.29, 0.717) is 36.7 Å². The standard InChI is InChI=1S/C21H23N5O3/c22-25-23-19-11-5-4-10-18(19)20(16-7-2-1-3-8-16)24-29-14-13-26-12-6-9-17(15-26)21(27)28/h1-5,7-8,10-11,17H,6,9,12-15H2,(H,27,28). The number of carboxylic acids is 1. The number of benzene rings is 2. The van der Waals surface area contributed by atoms with Gasteiger partial charge in [0.25, 0.3) is 0 Å². The van der Waals surface area contributed by atoms with Crippen LogP contribution in [0.4, 0.5) is 5.69 Å². The number of carboxylic acid groups (broad SMARTS) is 1. The second-order valence-corrected chi connectivity index (χ2v) is 6.82. The van der Waals surface area contributed by atoms with Crippen LogP contribution in [0.2, 0.25) is 0 Å². The fourth-order valence-electron chi connectivity index (χ4n) is 3.40. The summed E-state index contributed by atoms with van der Waals surface area (Å²) in [6.07, 6.45) is 1.59. The van der Waals surface area contributed by atoms with Gasteiger partial charge in [-0.05, 0) is 24.9 Å². The molecule has 2 aromatic rings. The van der Waals surface area contributed by atoms with Crippen molar-refractivity contribution in [3.8, 4) is 0 Å². The SMILES string of the molecule is [N-]=[N+]=Nc1ccccc1C(=NOCCN1CCCC(C(=O)O)C1)c1ccccc1. The highest BCUT2D eigenvalue weighted by atomic mass is 16.6. The van der Waals surface area contributed by atoms with E-state index < -0.39 is 5.97 Å². The number of nitrogens with zero attached hydrogens (tertiary/aromatic N) is 5. The summed E-state index contributed by atoms with van der Waals surface area (Å²) >= 11 is 0. The summed E-state index contributed by atoms with van der Waals surface area (Å²) in [5.74, 6) is -1.06. The highest BCUT2D eigenvalue weighted by Gasteiger charge is 2.25. The van der Waals surface area contributed by atoms with Gasteiger partial charge in [-0.3, -0.25) is 9.69 Å². The van der Waals surface area contributed by atoms with Gasteiger partial charge < -0.3 is 9.94 Å². The minimum Gasteiger partial charge on any atom is -0.481 e. The van der Waals surface area contributed by atoms with Crippen molar-refractivity contribution in [3.63, 3.8) is 0 Å². The summed E-state index contributed by atoms with van der Waals surface area (Å²) < 4.78 is 0. The van der Waals surface area contributed by atoms with Crippen LogP contribution in [0.1, 0.15) is 24.0 Å². The number of likely N-dealkylation sites (tertiary alicyclic amines) is 1. The first-order valence-corrected chi connectivity index (χ1v) is 9.54. The molecular weight excluding hydrogens is 370 g/mol. The lowest BCUT2D eigenvalue weighted by Gasteiger charge is -2.29. The molecule has 8 heteroatoms. The van der Waals surface area contributed by atoms with Crippen LogP contribution < -0.4 is 0 Å². The number of azide groups is 1. The van der Waals surface area contributed by atoms with Gasteiger partial charge in [0.15, 0.2) is 0 Å². The topological polar surface area (TPSA) is 111 Å². The molecule has 150 valence electrons. The van der Waals surface area contributed by atoms with E-state index in [1.54, 1.807) is 12.1 Å². The van der Waals surface area contributed by atoms with Gasteiger partial charge in [0, 0.05) is 34.8 Å². The predicted molar refractivity (Wildman–Crippen MR) is 110 cm³/mol. The number of hydrogen-bond donors (Lipinski definition) is 1. The third-order valence-corrected chi connectivity index (χ3v) is 4.87. The molecule has 1 aliphatic heterocycles. The Kier molecular flexibility index (Phi) is 7.22. The highest BCUT2D eigenvalue weighted by Crippen LogP contribution is 2.23. The van der Waals surface area contributed by atoms with Gasteiger partial charge in [0.05, 0.1) is 5.92 Å². The summed E-state index contributed by atoms with van der Waals surface area (Å²) in [6, 6.07) is 16.8.